The van der Waals surface area contributed by atoms with E-state index in [-0.39, 0.29) is 0 Å². The van der Waals surface area contributed by atoms with Crippen LogP contribution in [0, 0.1) is 17.4 Å². The Hall–Kier alpha value is -3.31. The van der Waals surface area contributed by atoms with Gasteiger partial charge in [-0.2, -0.15) is 5.26 Å². The third-order valence-electron chi connectivity index (χ3n) is 4.29. The molecule has 0 spiro atoms. The highest BCUT2D eigenvalue weighted by molar-refractivity contribution is 6.01. The highest BCUT2D eigenvalue weighted by Gasteiger charge is 2.12. The third-order valence-corrected chi connectivity index (χ3v) is 4.29. The summed E-state index contributed by atoms with van der Waals surface area (Å²) in [6.45, 7) is 0. The number of hydrogen-bond acceptors (Lipinski definition) is 2. The van der Waals surface area contributed by atoms with Crippen LogP contribution in [0.5, 0.6) is 5.75 Å². The summed E-state index contributed by atoms with van der Waals surface area (Å²) in [7, 11) is 1.66. The van der Waals surface area contributed by atoms with Crippen LogP contribution in [-0.2, 0) is 0 Å². The van der Waals surface area contributed by atoms with Crippen LogP contribution < -0.4 is 4.74 Å². The molecule has 0 aliphatic heterocycles. The fourth-order valence-electron chi connectivity index (χ4n) is 3.14. The molecule has 0 atom stereocenters. The van der Waals surface area contributed by atoms with Crippen LogP contribution in [-0.4, -0.2) is 7.11 Å². The molecular weight excluding hydrogens is 294 g/mol. The topological polar surface area (TPSA) is 33.0 Å². The molecule has 0 aliphatic carbocycles. The van der Waals surface area contributed by atoms with E-state index in [4.69, 9.17) is 4.74 Å². The van der Waals surface area contributed by atoms with Crippen molar-refractivity contribution in [1.82, 2.24) is 0 Å². The minimum Gasteiger partial charge on any atom is -0.496 e. The summed E-state index contributed by atoms with van der Waals surface area (Å²) in [4.78, 5) is 0. The van der Waals surface area contributed by atoms with E-state index in [9.17, 15) is 5.26 Å². The number of ether oxygens (including phenoxy) is 1. The number of benzene rings is 4. The Labute approximate surface area is 140 Å². The van der Waals surface area contributed by atoms with Gasteiger partial charge in [0.1, 0.15) is 5.75 Å². The molecule has 0 bridgehead atoms. The molecule has 0 N–H and O–H groups in total. The van der Waals surface area contributed by atoms with Gasteiger partial charge in [-0.05, 0) is 33.9 Å². The van der Waals surface area contributed by atoms with Crippen LogP contribution in [0.1, 0.15) is 5.56 Å². The fraction of sp³-hybridized carbons (Fsp3) is 0.0455. The summed E-state index contributed by atoms with van der Waals surface area (Å²) in [6.07, 6.45) is 0. The van der Waals surface area contributed by atoms with Gasteiger partial charge in [-0.15, -0.1) is 0 Å². The van der Waals surface area contributed by atoms with E-state index < -0.39 is 0 Å². The van der Waals surface area contributed by atoms with Crippen molar-refractivity contribution in [2.24, 2.45) is 0 Å². The van der Waals surface area contributed by atoms with Gasteiger partial charge in [0.2, 0.25) is 0 Å². The Kier molecular flexibility index (Phi) is 3.40. The van der Waals surface area contributed by atoms with Gasteiger partial charge in [0.15, 0.2) is 0 Å². The molecule has 0 saturated carbocycles. The second-order valence-corrected chi connectivity index (χ2v) is 5.62. The molecule has 4 rings (SSSR count). The zero-order valence-corrected chi connectivity index (χ0v) is 13.2. The summed E-state index contributed by atoms with van der Waals surface area (Å²) in [5.74, 6) is 0.785. The van der Waals surface area contributed by atoms with Crippen LogP contribution in [0.2, 0.25) is 0 Å². The Morgan fingerprint density at radius 2 is 1.67 bits per heavy atom. The summed E-state index contributed by atoms with van der Waals surface area (Å²) < 4.78 is 5.47. The van der Waals surface area contributed by atoms with Crippen LogP contribution in [0.25, 0.3) is 32.7 Å². The predicted molar refractivity (Wildman–Crippen MR) is 97.0 cm³/mol. The number of nitriles is 1. The molecule has 0 fully saturated rings. The average Bonchev–Trinajstić information content (AvgIpc) is 2.66. The lowest BCUT2D eigenvalue weighted by Crippen LogP contribution is -1.90. The van der Waals surface area contributed by atoms with E-state index in [2.05, 4.69) is 18.2 Å². The van der Waals surface area contributed by atoms with Crippen LogP contribution >= 0.6 is 0 Å². The molecule has 0 unspecified atom stereocenters. The first-order chi connectivity index (χ1) is 11.8. The standard InChI is InChI=1S/C22H14NO/c1-24-21-8-4-6-16-9-11-17(13-20(16)21)22-18(14-23)12-10-15-5-2-3-7-19(15)22/h2-12H,1H3. The van der Waals surface area contributed by atoms with Crippen molar-refractivity contribution in [2.45, 2.75) is 0 Å². The second kappa shape index (κ2) is 5.72. The number of methoxy groups -OCH3 is 1. The number of nitrogens with zero attached hydrogens (tertiary/aromatic N) is 1. The smallest absolute Gasteiger partial charge is 0.127 e. The van der Waals surface area contributed by atoms with E-state index >= 15 is 0 Å². The maximum absolute atomic E-state index is 9.56. The van der Waals surface area contributed by atoms with Crippen molar-refractivity contribution in [3.63, 3.8) is 0 Å². The fourth-order valence-corrected chi connectivity index (χ4v) is 3.14. The van der Waals surface area contributed by atoms with Gasteiger partial charge in [-0.1, -0.05) is 54.6 Å². The van der Waals surface area contributed by atoms with Gasteiger partial charge in [-0.3, -0.25) is 0 Å². The molecule has 2 heteroatoms. The molecule has 113 valence electrons. The van der Waals surface area contributed by atoms with Gasteiger partial charge in [0, 0.05) is 17.0 Å². The third kappa shape index (κ3) is 2.19. The monoisotopic (exact) mass is 308 g/mol. The Bertz CT molecular complexity index is 1110. The quantitative estimate of drug-likeness (QED) is 0.500. The Balaban J connectivity index is 2.08. The second-order valence-electron chi connectivity index (χ2n) is 5.62. The molecule has 0 heterocycles. The van der Waals surface area contributed by atoms with Crippen molar-refractivity contribution in [3.8, 4) is 22.9 Å². The highest BCUT2D eigenvalue weighted by atomic mass is 16.5. The molecule has 0 aromatic heterocycles. The van der Waals surface area contributed by atoms with Crippen molar-refractivity contribution in [1.29, 1.82) is 5.26 Å². The van der Waals surface area contributed by atoms with E-state index in [1.165, 1.54) is 0 Å². The lowest BCUT2D eigenvalue weighted by molar-refractivity contribution is 0.420. The van der Waals surface area contributed by atoms with E-state index in [0.717, 1.165) is 38.4 Å². The average molecular weight is 308 g/mol. The van der Waals surface area contributed by atoms with Crippen molar-refractivity contribution in [2.75, 3.05) is 7.11 Å². The zero-order chi connectivity index (χ0) is 16.5. The van der Waals surface area contributed by atoms with E-state index in [0.29, 0.717) is 5.56 Å². The molecule has 4 aromatic rings. The number of rotatable bonds is 2. The summed E-state index contributed by atoms with van der Waals surface area (Å²) in [6, 6.07) is 27.7. The first kappa shape index (κ1) is 14.3. The van der Waals surface area contributed by atoms with E-state index in [1.807, 2.05) is 60.7 Å². The molecule has 2 nitrogen and oxygen atoms in total. The normalized spacial score (nSPS) is 10.7. The molecule has 0 aliphatic rings. The van der Waals surface area contributed by atoms with Gasteiger partial charge in [0.25, 0.3) is 0 Å². The van der Waals surface area contributed by atoms with Crippen molar-refractivity contribution < 1.29 is 4.74 Å². The van der Waals surface area contributed by atoms with Gasteiger partial charge < -0.3 is 4.74 Å². The molecule has 0 saturated heterocycles. The maximum atomic E-state index is 9.56. The Morgan fingerprint density at radius 3 is 2.50 bits per heavy atom. The molecule has 4 aromatic carbocycles. The Morgan fingerprint density at radius 1 is 0.875 bits per heavy atom. The van der Waals surface area contributed by atoms with E-state index in [1.54, 1.807) is 7.11 Å². The largest absolute Gasteiger partial charge is 0.496 e. The maximum Gasteiger partial charge on any atom is 0.127 e. The van der Waals surface area contributed by atoms with Gasteiger partial charge in [-0.25, -0.2) is 0 Å². The summed E-state index contributed by atoms with van der Waals surface area (Å²) >= 11 is 0. The summed E-state index contributed by atoms with van der Waals surface area (Å²) in [5.41, 5.74) is 2.47. The van der Waals surface area contributed by atoms with Crippen molar-refractivity contribution in [3.05, 3.63) is 78.4 Å². The molecule has 1 radical (unpaired) electrons. The van der Waals surface area contributed by atoms with Crippen LogP contribution in [0.15, 0.2) is 66.7 Å². The zero-order valence-electron chi connectivity index (χ0n) is 13.2. The molecular formula is C22H14NO. The number of fused-ring (bicyclic) bond motifs is 2. The number of hydrogen-bond donors (Lipinski definition) is 0. The molecule has 24 heavy (non-hydrogen) atoms. The lowest BCUT2D eigenvalue weighted by Gasteiger charge is -2.11. The minimum atomic E-state index is 0.652. The predicted octanol–water partition coefficient (Wildman–Crippen LogP) is 5.34. The van der Waals surface area contributed by atoms with Gasteiger partial charge >= 0.3 is 0 Å². The molecule has 0 amide bonds. The summed E-state index contributed by atoms with van der Waals surface area (Å²) in [5, 5.41) is 13.7. The van der Waals surface area contributed by atoms with Crippen LogP contribution in [0.4, 0.5) is 0 Å². The first-order valence-electron chi connectivity index (χ1n) is 7.73. The first-order valence-corrected chi connectivity index (χ1v) is 7.73. The van der Waals surface area contributed by atoms with Gasteiger partial charge in [0.05, 0.1) is 18.7 Å². The SMILES string of the molecule is COc1cccc2ccc(-c3c(C#N)ccc4ccccc34)[c]c12. The lowest BCUT2D eigenvalue weighted by atomic mass is 9.92. The highest BCUT2D eigenvalue weighted by Crippen LogP contribution is 2.35. The van der Waals surface area contributed by atoms with Crippen molar-refractivity contribution >= 4 is 21.5 Å². The van der Waals surface area contributed by atoms with Crippen LogP contribution in [0.3, 0.4) is 0 Å². The minimum absolute atomic E-state index is 0.652.